The van der Waals surface area contributed by atoms with Crippen LogP contribution in [0.4, 0.5) is 11.4 Å². The smallest absolute Gasteiger partial charge is 0.223 e. The zero-order valence-corrected chi connectivity index (χ0v) is 10.8. The van der Waals surface area contributed by atoms with Crippen molar-refractivity contribution in [1.29, 1.82) is 0 Å². The van der Waals surface area contributed by atoms with Gasteiger partial charge in [-0.15, -0.1) is 0 Å². The van der Waals surface area contributed by atoms with Crippen molar-refractivity contribution in [1.82, 2.24) is 0 Å². The van der Waals surface area contributed by atoms with Crippen LogP contribution in [0.2, 0.25) is 5.02 Å². The molecule has 0 aliphatic heterocycles. The van der Waals surface area contributed by atoms with Crippen molar-refractivity contribution in [2.75, 3.05) is 16.8 Å². The minimum Gasteiger partial charge on any atom is -0.324 e. The number of anilines is 2. The van der Waals surface area contributed by atoms with Crippen LogP contribution in [-0.4, -0.2) is 18.4 Å². The molecule has 0 aromatic heterocycles. The Morgan fingerprint density at radius 3 is 2.47 bits per heavy atom. The molecular weight excluding hydrogens is 240 g/mol. The summed E-state index contributed by atoms with van der Waals surface area (Å²) in [6, 6.07) is 5.04. The molecule has 0 fully saturated rings. The zero-order chi connectivity index (χ0) is 13.0. The van der Waals surface area contributed by atoms with E-state index in [4.69, 9.17) is 11.6 Å². The number of nitrogens with one attached hydrogen (secondary N) is 1. The molecule has 1 aromatic carbocycles. The SMILES string of the molecule is CCN(C(C)=O)c1ccc(Cl)cc1NC(C)=O. The molecule has 0 radical (unpaired) electrons. The minimum atomic E-state index is -0.201. The van der Waals surface area contributed by atoms with Crippen molar-refractivity contribution in [2.45, 2.75) is 20.8 Å². The monoisotopic (exact) mass is 254 g/mol. The maximum absolute atomic E-state index is 11.5. The van der Waals surface area contributed by atoms with Gasteiger partial charge in [-0.3, -0.25) is 9.59 Å². The second-order valence-corrected chi connectivity index (χ2v) is 4.04. The van der Waals surface area contributed by atoms with Crippen molar-refractivity contribution < 1.29 is 9.59 Å². The Morgan fingerprint density at radius 2 is 2.00 bits per heavy atom. The van der Waals surface area contributed by atoms with Gasteiger partial charge in [-0.2, -0.15) is 0 Å². The van der Waals surface area contributed by atoms with E-state index in [9.17, 15) is 9.59 Å². The third-order valence-corrected chi connectivity index (χ3v) is 2.49. The minimum absolute atomic E-state index is 0.0820. The number of hydrogen-bond donors (Lipinski definition) is 1. The van der Waals surface area contributed by atoms with Gasteiger partial charge in [0.25, 0.3) is 0 Å². The Bertz CT molecular complexity index is 446. The van der Waals surface area contributed by atoms with Gasteiger partial charge in [-0.1, -0.05) is 11.6 Å². The predicted octanol–water partition coefficient (Wildman–Crippen LogP) is 2.67. The number of rotatable bonds is 3. The summed E-state index contributed by atoms with van der Waals surface area (Å²) in [6.45, 7) is 5.29. The molecule has 0 saturated heterocycles. The highest BCUT2D eigenvalue weighted by atomic mass is 35.5. The van der Waals surface area contributed by atoms with Crippen molar-refractivity contribution in [3.05, 3.63) is 23.2 Å². The molecule has 2 amide bonds. The molecule has 0 aliphatic rings. The van der Waals surface area contributed by atoms with E-state index in [0.717, 1.165) is 0 Å². The molecule has 5 heteroatoms. The molecular formula is C12H15ClN2O2. The number of carbonyl (C=O) groups is 2. The molecule has 0 unspecified atom stereocenters. The van der Waals surface area contributed by atoms with E-state index >= 15 is 0 Å². The lowest BCUT2D eigenvalue weighted by Crippen LogP contribution is -2.29. The molecule has 0 spiro atoms. The highest BCUT2D eigenvalue weighted by Gasteiger charge is 2.14. The molecule has 0 saturated carbocycles. The van der Waals surface area contributed by atoms with Crippen LogP contribution in [0.5, 0.6) is 0 Å². The first-order chi connectivity index (χ1) is 7.95. The van der Waals surface area contributed by atoms with Crippen LogP contribution >= 0.6 is 11.6 Å². The van der Waals surface area contributed by atoms with Crippen LogP contribution in [0.1, 0.15) is 20.8 Å². The predicted molar refractivity (Wildman–Crippen MR) is 69.5 cm³/mol. The van der Waals surface area contributed by atoms with Crippen molar-refractivity contribution in [2.24, 2.45) is 0 Å². The molecule has 0 bridgehead atoms. The molecule has 1 N–H and O–H groups in total. The maximum Gasteiger partial charge on any atom is 0.223 e. The lowest BCUT2D eigenvalue weighted by Gasteiger charge is -2.22. The third-order valence-electron chi connectivity index (χ3n) is 2.26. The van der Waals surface area contributed by atoms with Gasteiger partial charge in [0.1, 0.15) is 0 Å². The molecule has 0 atom stereocenters. The quantitative estimate of drug-likeness (QED) is 0.902. The van der Waals surface area contributed by atoms with Crippen molar-refractivity contribution in [3.8, 4) is 0 Å². The average Bonchev–Trinajstić information content (AvgIpc) is 2.20. The summed E-state index contributed by atoms with van der Waals surface area (Å²) in [7, 11) is 0. The largest absolute Gasteiger partial charge is 0.324 e. The van der Waals surface area contributed by atoms with Gasteiger partial charge < -0.3 is 10.2 Å². The molecule has 92 valence electrons. The van der Waals surface area contributed by atoms with Crippen molar-refractivity contribution >= 4 is 34.8 Å². The topological polar surface area (TPSA) is 49.4 Å². The summed E-state index contributed by atoms with van der Waals surface area (Å²) in [5.41, 5.74) is 1.20. The van der Waals surface area contributed by atoms with Crippen LogP contribution in [0.15, 0.2) is 18.2 Å². The van der Waals surface area contributed by atoms with Gasteiger partial charge in [0.2, 0.25) is 11.8 Å². The molecule has 0 aliphatic carbocycles. The summed E-state index contributed by atoms with van der Waals surface area (Å²) >= 11 is 5.87. The molecule has 0 heterocycles. The van der Waals surface area contributed by atoms with E-state index in [1.54, 1.807) is 23.1 Å². The van der Waals surface area contributed by atoms with Gasteiger partial charge in [0.15, 0.2) is 0 Å². The first-order valence-electron chi connectivity index (χ1n) is 5.31. The standard InChI is InChI=1S/C12H15ClN2O2/c1-4-15(9(3)17)12-6-5-10(13)7-11(12)14-8(2)16/h5-7H,4H2,1-3H3,(H,14,16). The van der Waals surface area contributed by atoms with Gasteiger partial charge in [-0.25, -0.2) is 0 Å². The molecule has 1 rings (SSSR count). The second-order valence-electron chi connectivity index (χ2n) is 3.61. The third kappa shape index (κ3) is 3.46. The van der Waals surface area contributed by atoms with Crippen LogP contribution < -0.4 is 10.2 Å². The second kappa shape index (κ2) is 5.68. The highest BCUT2D eigenvalue weighted by molar-refractivity contribution is 6.31. The average molecular weight is 255 g/mol. The number of hydrogen-bond acceptors (Lipinski definition) is 2. The number of carbonyl (C=O) groups excluding carboxylic acids is 2. The fourth-order valence-corrected chi connectivity index (χ4v) is 1.77. The summed E-state index contributed by atoms with van der Waals surface area (Å²) in [5, 5.41) is 3.18. The summed E-state index contributed by atoms with van der Waals surface area (Å²) in [5.74, 6) is -0.283. The Labute approximate surface area is 106 Å². The Morgan fingerprint density at radius 1 is 1.35 bits per heavy atom. The lowest BCUT2D eigenvalue weighted by atomic mass is 10.2. The Kier molecular flexibility index (Phi) is 4.52. The van der Waals surface area contributed by atoms with Gasteiger partial charge in [-0.05, 0) is 25.1 Å². The Balaban J connectivity index is 3.21. The molecule has 4 nitrogen and oxygen atoms in total. The number of benzene rings is 1. The Hall–Kier alpha value is -1.55. The summed E-state index contributed by atoms with van der Waals surface area (Å²) in [4.78, 5) is 24.1. The van der Waals surface area contributed by atoms with E-state index in [1.165, 1.54) is 13.8 Å². The summed E-state index contributed by atoms with van der Waals surface area (Å²) < 4.78 is 0. The van der Waals surface area contributed by atoms with E-state index in [1.807, 2.05) is 6.92 Å². The first-order valence-corrected chi connectivity index (χ1v) is 5.68. The fourth-order valence-electron chi connectivity index (χ4n) is 1.60. The molecule has 17 heavy (non-hydrogen) atoms. The lowest BCUT2D eigenvalue weighted by molar-refractivity contribution is -0.116. The van der Waals surface area contributed by atoms with Gasteiger partial charge in [0, 0.05) is 25.4 Å². The van der Waals surface area contributed by atoms with E-state index in [2.05, 4.69) is 5.32 Å². The maximum atomic E-state index is 11.5. The van der Waals surface area contributed by atoms with E-state index < -0.39 is 0 Å². The summed E-state index contributed by atoms with van der Waals surface area (Å²) in [6.07, 6.45) is 0. The fraction of sp³-hybridized carbons (Fsp3) is 0.333. The van der Waals surface area contributed by atoms with Crippen LogP contribution in [-0.2, 0) is 9.59 Å². The van der Waals surface area contributed by atoms with Crippen LogP contribution in [0.25, 0.3) is 0 Å². The van der Waals surface area contributed by atoms with Gasteiger partial charge >= 0.3 is 0 Å². The van der Waals surface area contributed by atoms with E-state index in [0.29, 0.717) is 22.9 Å². The first kappa shape index (κ1) is 13.5. The van der Waals surface area contributed by atoms with Crippen molar-refractivity contribution in [3.63, 3.8) is 0 Å². The zero-order valence-electron chi connectivity index (χ0n) is 10.1. The van der Waals surface area contributed by atoms with Crippen LogP contribution in [0.3, 0.4) is 0 Å². The number of nitrogens with zero attached hydrogens (tertiary/aromatic N) is 1. The van der Waals surface area contributed by atoms with Crippen LogP contribution in [0, 0.1) is 0 Å². The number of amides is 2. The van der Waals surface area contributed by atoms with E-state index in [-0.39, 0.29) is 11.8 Å². The number of halogens is 1. The van der Waals surface area contributed by atoms with Gasteiger partial charge in [0.05, 0.1) is 11.4 Å². The normalized spacial score (nSPS) is 9.88. The molecule has 1 aromatic rings. The highest BCUT2D eigenvalue weighted by Crippen LogP contribution is 2.29.